The summed E-state index contributed by atoms with van der Waals surface area (Å²) in [6, 6.07) is 16.6. The van der Waals surface area contributed by atoms with Gasteiger partial charge in [-0.1, -0.05) is 52.3 Å². The lowest BCUT2D eigenvalue weighted by Crippen LogP contribution is -2.02. The van der Waals surface area contributed by atoms with Gasteiger partial charge in [-0.3, -0.25) is 4.79 Å². The molecule has 0 spiro atoms. The summed E-state index contributed by atoms with van der Waals surface area (Å²) in [5, 5.41) is 1.00. The molecule has 2 aromatic carbocycles. The Morgan fingerprint density at radius 1 is 1.04 bits per heavy atom. The maximum atomic E-state index is 11.3. The Balaban J connectivity index is 2.12. The number of hydrogen-bond acceptors (Lipinski definition) is 3. The summed E-state index contributed by atoms with van der Waals surface area (Å²) in [6.07, 6.45) is 4.21. The highest BCUT2D eigenvalue weighted by molar-refractivity contribution is 9.09. The van der Waals surface area contributed by atoms with E-state index in [0.29, 0.717) is 13.0 Å². The Hall–Kier alpha value is -1.81. The molecule has 0 N–H and O–H groups in total. The van der Waals surface area contributed by atoms with E-state index in [-0.39, 0.29) is 5.97 Å². The van der Waals surface area contributed by atoms with Gasteiger partial charge in [-0.25, -0.2) is 0 Å². The maximum absolute atomic E-state index is 11.3. The van der Waals surface area contributed by atoms with Crippen molar-refractivity contribution in [2.24, 2.45) is 0 Å². The van der Waals surface area contributed by atoms with Crippen LogP contribution in [0.2, 0.25) is 0 Å². The van der Waals surface area contributed by atoms with Crippen molar-refractivity contribution in [3.05, 3.63) is 54.1 Å². The van der Waals surface area contributed by atoms with Crippen LogP contribution < -0.4 is 4.74 Å². The molecule has 0 heterocycles. The summed E-state index contributed by atoms with van der Waals surface area (Å²) in [5.41, 5.74) is 3.46. The van der Waals surface area contributed by atoms with Gasteiger partial charge < -0.3 is 9.47 Å². The second kappa shape index (κ2) is 10.9. The smallest absolute Gasteiger partial charge is 0.305 e. The van der Waals surface area contributed by atoms with Crippen molar-refractivity contribution in [3.63, 3.8) is 0 Å². The lowest BCUT2D eigenvalue weighted by molar-refractivity contribution is -0.140. The maximum Gasteiger partial charge on any atom is 0.305 e. The molecule has 0 saturated carbocycles. The van der Waals surface area contributed by atoms with E-state index in [4.69, 9.17) is 9.47 Å². The van der Waals surface area contributed by atoms with Gasteiger partial charge in [0.25, 0.3) is 0 Å². The van der Waals surface area contributed by atoms with Crippen molar-refractivity contribution in [3.8, 4) is 16.9 Å². The number of esters is 1. The molecule has 3 nitrogen and oxygen atoms in total. The number of carbonyl (C=O) groups excluding carboxylic acids is 1. The molecule has 0 atom stereocenters. The largest absolute Gasteiger partial charge is 0.493 e. The minimum Gasteiger partial charge on any atom is -0.493 e. The van der Waals surface area contributed by atoms with E-state index in [1.54, 1.807) is 0 Å². The van der Waals surface area contributed by atoms with Crippen molar-refractivity contribution in [2.75, 3.05) is 19.0 Å². The highest BCUT2D eigenvalue weighted by Gasteiger charge is 2.09. The highest BCUT2D eigenvalue weighted by Crippen LogP contribution is 2.31. The molecule has 0 aliphatic carbocycles. The van der Waals surface area contributed by atoms with Crippen LogP contribution in [-0.2, 0) is 16.0 Å². The molecule has 0 bridgehead atoms. The third kappa shape index (κ3) is 6.54. The number of methoxy groups -OCH3 is 1. The van der Waals surface area contributed by atoms with E-state index in [2.05, 4.69) is 40.2 Å². The van der Waals surface area contributed by atoms with Crippen LogP contribution in [0.4, 0.5) is 0 Å². The SMILES string of the molecule is COC(=O)CCCc1ccc(OCCCCBr)c(-c2ccccc2)c1. The van der Waals surface area contributed by atoms with Crippen molar-refractivity contribution in [1.29, 1.82) is 0 Å². The number of unbranched alkanes of at least 4 members (excludes halogenated alkanes) is 1. The Morgan fingerprint density at radius 3 is 2.56 bits per heavy atom. The fourth-order valence-electron chi connectivity index (χ4n) is 2.62. The first-order valence-corrected chi connectivity index (χ1v) is 9.80. The molecule has 0 fully saturated rings. The summed E-state index contributed by atoms with van der Waals surface area (Å²) in [6.45, 7) is 0.715. The van der Waals surface area contributed by atoms with Gasteiger partial charge in [-0.2, -0.15) is 0 Å². The zero-order chi connectivity index (χ0) is 17.9. The first-order chi connectivity index (χ1) is 12.2. The van der Waals surface area contributed by atoms with Gasteiger partial charge in [0.1, 0.15) is 5.75 Å². The standard InChI is InChI=1S/C21H25BrO3/c1-24-21(23)11-7-8-17-12-13-20(25-15-6-5-14-22)19(16-17)18-9-3-2-4-10-18/h2-4,9-10,12-13,16H,5-8,11,14-15H2,1H3. The fourth-order valence-corrected chi connectivity index (χ4v) is 3.02. The molecule has 0 saturated heterocycles. The molecule has 0 aromatic heterocycles. The lowest BCUT2D eigenvalue weighted by Gasteiger charge is -2.14. The number of carbonyl (C=O) groups is 1. The van der Waals surface area contributed by atoms with E-state index < -0.39 is 0 Å². The van der Waals surface area contributed by atoms with Gasteiger partial charge in [-0.15, -0.1) is 0 Å². The second-order valence-electron chi connectivity index (χ2n) is 5.87. The molecule has 0 aliphatic rings. The number of aryl methyl sites for hydroxylation is 1. The number of hydrogen-bond donors (Lipinski definition) is 0. The van der Waals surface area contributed by atoms with Crippen LogP contribution in [0.5, 0.6) is 5.75 Å². The van der Waals surface area contributed by atoms with E-state index in [9.17, 15) is 4.79 Å². The van der Waals surface area contributed by atoms with Crippen LogP contribution in [0, 0.1) is 0 Å². The molecule has 4 heteroatoms. The Morgan fingerprint density at radius 2 is 1.84 bits per heavy atom. The Labute approximate surface area is 158 Å². The van der Waals surface area contributed by atoms with Gasteiger partial charge in [0.05, 0.1) is 13.7 Å². The lowest BCUT2D eigenvalue weighted by atomic mass is 9.99. The summed E-state index contributed by atoms with van der Waals surface area (Å²) >= 11 is 3.45. The molecular formula is C21H25BrO3. The molecule has 2 aromatic rings. The van der Waals surface area contributed by atoms with Crippen LogP contribution >= 0.6 is 15.9 Å². The van der Waals surface area contributed by atoms with E-state index in [0.717, 1.165) is 47.9 Å². The molecule has 0 aliphatic heterocycles. The van der Waals surface area contributed by atoms with Gasteiger partial charge in [0, 0.05) is 17.3 Å². The highest BCUT2D eigenvalue weighted by atomic mass is 79.9. The molecule has 25 heavy (non-hydrogen) atoms. The van der Waals surface area contributed by atoms with Gasteiger partial charge in [0.15, 0.2) is 0 Å². The third-order valence-electron chi connectivity index (χ3n) is 3.99. The molecule has 134 valence electrons. The summed E-state index contributed by atoms with van der Waals surface area (Å²) in [5.74, 6) is 0.757. The first-order valence-electron chi connectivity index (χ1n) is 8.68. The molecule has 0 amide bonds. The molecule has 0 unspecified atom stereocenters. The van der Waals surface area contributed by atoms with E-state index in [1.807, 2.05) is 24.3 Å². The number of ether oxygens (including phenoxy) is 2. The van der Waals surface area contributed by atoms with Gasteiger partial charge in [0.2, 0.25) is 0 Å². The fraction of sp³-hybridized carbons (Fsp3) is 0.381. The number of alkyl halides is 1. The predicted molar refractivity (Wildman–Crippen MR) is 105 cm³/mol. The normalized spacial score (nSPS) is 10.5. The Bertz CT molecular complexity index is 655. The monoisotopic (exact) mass is 404 g/mol. The Kier molecular flexibility index (Phi) is 8.53. The van der Waals surface area contributed by atoms with Crippen molar-refractivity contribution in [1.82, 2.24) is 0 Å². The third-order valence-corrected chi connectivity index (χ3v) is 4.55. The minimum absolute atomic E-state index is 0.157. The van der Waals surface area contributed by atoms with E-state index >= 15 is 0 Å². The zero-order valence-electron chi connectivity index (χ0n) is 14.7. The van der Waals surface area contributed by atoms with Crippen LogP contribution in [0.25, 0.3) is 11.1 Å². The average molecular weight is 405 g/mol. The van der Waals surface area contributed by atoms with Gasteiger partial charge >= 0.3 is 5.97 Å². The second-order valence-corrected chi connectivity index (χ2v) is 6.66. The first kappa shape index (κ1) is 19.5. The summed E-state index contributed by atoms with van der Waals surface area (Å²) < 4.78 is 10.7. The number of halogens is 1. The topological polar surface area (TPSA) is 35.5 Å². The van der Waals surface area contributed by atoms with Crippen LogP contribution in [0.3, 0.4) is 0 Å². The number of benzene rings is 2. The van der Waals surface area contributed by atoms with Gasteiger partial charge in [-0.05, 0) is 48.9 Å². The number of rotatable bonds is 10. The van der Waals surface area contributed by atoms with E-state index in [1.165, 1.54) is 12.7 Å². The average Bonchev–Trinajstić information content (AvgIpc) is 2.66. The summed E-state index contributed by atoms with van der Waals surface area (Å²) in [7, 11) is 1.43. The molecule has 2 rings (SSSR count). The van der Waals surface area contributed by atoms with Crippen LogP contribution in [-0.4, -0.2) is 25.0 Å². The quantitative estimate of drug-likeness (QED) is 0.302. The van der Waals surface area contributed by atoms with Crippen molar-refractivity contribution in [2.45, 2.75) is 32.1 Å². The van der Waals surface area contributed by atoms with Crippen LogP contribution in [0.1, 0.15) is 31.2 Å². The van der Waals surface area contributed by atoms with Crippen LogP contribution in [0.15, 0.2) is 48.5 Å². The van der Waals surface area contributed by atoms with Crippen molar-refractivity contribution >= 4 is 21.9 Å². The zero-order valence-corrected chi connectivity index (χ0v) is 16.3. The minimum atomic E-state index is -0.157. The predicted octanol–water partition coefficient (Wildman–Crippen LogP) is 5.40. The molecular weight excluding hydrogens is 380 g/mol. The summed E-state index contributed by atoms with van der Waals surface area (Å²) in [4.78, 5) is 11.3. The van der Waals surface area contributed by atoms with Crippen molar-refractivity contribution < 1.29 is 14.3 Å². The molecule has 0 radical (unpaired) electrons.